The molecule has 0 aliphatic rings. The summed E-state index contributed by atoms with van der Waals surface area (Å²) in [5.74, 6) is 0.965. The van der Waals surface area contributed by atoms with Gasteiger partial charge in [-0.1, -0.05) is 35.5 Å². The number of nitrogens with zero attached hydrogens (tertiary/aromatic N) is 2. The zero-order valence-corrected chi connectivity index (χ0v) is 9.67. The van der Waals surface area contributed by atoms with Gasteiger partial charge in [0.15, 0.2) is 5.82 Å². The molecule has 90 valence electrons. The van der Waals surface area contributed by atoms with Gasteiger partial charge in [0.2, 0.25) is 5.89 Å². The Morgan fingerprint density at radius 1 is 1.35 bits per heavy atom. The third kappa shape index (κ3) is 3.12. The van der Waals surface area contributed by atoms with Gasteiger partial charge in [0.25, 0.3) is 0 Å². The van der Waals surface area contributed by atoms with Crippen molar-refractivity contribution in [3.8, 4) is 0 Å². The number of rotatable bonds is 5. The van der Waals surface area contributed by atoms with E-state index in [1.807, 2.05) is 30.3 Å². The summed E-state index contributed by atoms with van der Waals surface area (Å²) in [6.45, 7) is 0.335. The molecule has 0 aliphatic heterocycles. The van der Waals surface area contributed by atoms with Crippen molar-refractivity contribution in [2.45, 2.75) is 19.1 Å². The van der Waals surface area contributed by atoms with Crippen LogP contribution in [0.5, 0.6) is 0 Å². The van der Waals surface area contributed by atoms with E-state index in [-0.39, 0.29) is 6.04 Å². The third-order valence-electron chi connectivity index (χ3n) is 2.37. The quantitative estimate of drug-likeness (QED) is 0.846. The van der Waals surface area contributed by atoms with Crippen molar-refractivity contribution in [1.29, 1.82) is 0 Å². The zero-order valence-electron chi connectivity index (χ0n) is 9.67. The maximum Gasteiger partial charge on any atom is 0.243 e. The number of hydrogen-bond acceptors (Lipinski definition) is 5. The van der Waals surface area contributed by atoms with E-state index in [2.05, 4.69) is 10.1 Å². The van der Waals surface area contributed by atoms with Crippen molar-refractivity contribution in [2.75, 3.05) is 7.11 Å². The second-order valence-corrected chi connectivity index (χ2v) is 3.78. The van der Waals surface area contributed by atoms with Crippen molar-refractivity contribution in [2.24, 2.45) is 5.73 Å². The highest BCUT2D eigenvalue weighted by Crippen LogP contribution is 2.14. The Balaban J connectivity index is 2.01. The Hall–Kier alpha value is -1.72. The van der Waals surface area contributed by atoms with Crippen LogP contribution >= 0.6 is 0 Å². The molecule has 2 aromatic rings. The fraction of sp³-hybridized carbons (Fsp3) is 0.333. The molecule has 17 heavy (non-hydrogen) atoms. The van der Waals surface area contributed by atoms with E-state index in [1.165, 1.54) is 0 Å². The van der Waals surface area contributed by atoms with Gasteiger partial charge in [-0.2, -0.15) is 4.98 Å². The second kappa shape index (κ2) is 5.56. The lowest BCUT2D eigenvalue weighted by atomic mass is 10.1. The highest BCUT2D eigenvalue weighted by Gasteiger charge is 2.15. The Kier molecular flexibility index (Phi) is 3.85. The minimum absolute atomic E-state index is 0.282. The Morgan fingerprint density at radius 2 is 2.12 bits per heavy atom. The summed E-state index contributed by atoms with van der Waals surface area (Å²) in [6.07, 6.45) is 0.676. The standard InChI is InChI=1S/C12H15N3O2/c1-16-8-11-14-12(17-15-11)10(13)7-9-5-3-2-4-6-9/h2-6,10H,7-8,13H2,1H3/t10-/m0/s1. The first-order valence-corrected chi connectivity index (χ1v) is 5.40. The summed E-state index contributed by atoms with van der Waals surface area (Å²) in [4.78, 5) is 4.17. The molecule has 0 saturated heterocycles. The molecule has 5 nitrogen and oxygen atoms in total. The Labute approximate surface area is 99.6 Å². The lowest BCUT2D eigenvalue weighted by molar-refractivity contribution is 0.174. The molecule has 0 bridgehead atoms. The third-order valence-corrected chi connectivity index (χ3v) is 2.37. The van der Waals surface area contributed by atoms with Gasteiger partial charge in [0.1, 0.15) is 6.61 Å². The summed E-state index contributed by atoms with van der Waals surface area (Å²) in [5, 5.41) is 3.78. The largest absolute Gasteiger partial charge is 0.377 e. The van der Waals surface area contributed by atoms with Crippen LogP contribution in [0.1, 0.15) is 23.3 Å². The minimum Gasteiger partial charge on any atom is -0.377 e. The predicted octanol–water partition coefficient (Wildman–Crippen LogP) is 1.46. The molecule has 0 aliphatic carbocycles. The van der Waals surface area contributed by atoms with Gasteiger partial charge >= 0.3 is 0 Å². The van der Waals surface area contributed by atoms with Crippen LogP contribution in [-0.4, -0.2) is 17.3 Å². The van der Waals surface area contributed by atoms with Crippen LogP contribution in [0.15, 0.2) is 34.9 Å². The van der Waals surface area contributed by atoms with Crippen molar-refractivity contribution < 1.29 is 9.26 Å². The first-order chi connectivity index (χ1) is 8.29. The molecule has 0 saturated carbocycles. The van der Waals surface area contributed by atoms with E-state index in [9.17, 15) is 0 Å². The second-order valence-electron chi connectivity index (χ2n) is 3.78. The van der Waals surface area contributed by atoms with Gasteiger partial charge < -0.3 is 15.0 Å². The molecule has 1 heterocycles. The number of ether oxygens (including phenoxy) is 1. The molecule has 2 rings (SSSR count). The number of methoxy groups -OCH3 is 1. The number of hydrogen-bond donors (Lipinski definition) is 1. The molecular weight excluding hydrogens is 218 g/mol. The number of benzene rings is 1. The molecule has 1 aromatic heterocycles. The van der Waals surface area contributed by atoms with Crippen molar-refractivity contribution in [3.63, 3.8) is 0 Å². The van der Waals surface area contributed by atoms with E-state index >= 15 is 0 Å². The normalized spacial score (nSPS) is 12.6. The smallest absolute Gasteiger partial charge is 0.243 e. The highest BCUT2D eigenvalue weighted by molar-refractivity contribution is 5.16. The maximum absolute atomic E-state index is 6.00. The summed E-state index contributed by atoms with van der Waals surface area (Å²) in [7, 11) is 1.58. The lowest BCUT2D eigenvalue weighted by Crippen LogP contribution is -2.13. The van der Waals surface area contributed by atoms with Crippen LogP contribution in [0.25, 0.3) is 0 Å². The lowest BCUT2D eigenvalue weighted by Gasteiger charge is -2.05. The molecule has 0 fully saturated rings. The molecule has 2 N–H and O–H groups in total. The predicted molar refractivity (Wildman–Crippen MR) is 62.1 cm³/mol. The van der Waals surface area contributed by atoms with E-state index in [0.29, 0.717) is 24.7 Å². The number of nitrogens with two attached hydrogens (primary N) is 1. The van der Waals surface area contributed by atoms with Gasteiger partial charge in [0.05, 0.1) is 6.04 Å². The molecule has 0 radical (unpaired) electrons. The van der Waals surface area contributed by atoms with Crippen LogP contribution in [0.2, 0.25) is 0 Å². The van der Waals surface area contributed by atoms with Gasteiger partial charge in [-0.15, -0.1) is 0 Å². The van der Waals surface area contributed by atoms with Gasteiger partial charge in [0, 0.05) is 7.11 Å². The molecule has 1 aromatic carbocycles. The van der Waals surface area contributed by atoms with E-state index in [0.717, 1.165) is 5.56 Å². The van der Waals surface area contributed by atoms with Crippen LogP contribution in [-0.2, 0) is 17.8 Å². The van der Waals surface area contributed by atoms with E-state index < -0.39 is 0 Å². The van der Waals surface area contributed by atoms with Crippen LogP contribution < -0.4 is 5.73 Å². The first kappa shape index (κ1) is 11.8. The average molecular weight is 233 g/mol. The van der Waals surface area contributed by atoms with Crippen LogP contribution in [0.4, 0.5) is 0 Å². The highest BCUT2D eigenvalue weighted by atomic mass is 16.5. The summed E-state index contributed by atoms with van der Waals surface area (Å²) in [5.41, 5.74) is 7.14. The van der Waals surface area contributed by atoms with Crippen molar-refractivity contribution >= 4 is 0 Å². The monoisotopic (exact) mass is 233 g/mol. The molecule has 0 unspecified atom stereocenters. The average Bonchev–Trinajstić information content (AvgIpc) is 2.79. The minimum atomic E-state index is -0.282. The number of aromatic nitrogens is 2. The Morgan fingerprint density at radius 3 is 2.82 bits per heavy atom. The maximum atomic E-state index is 6.00. The van der Waals surface area contributed by atoms with Crippen LogP contribution in [0, 0.1) is 0 Å². The molecular formula is C12H15N3O2. The zero-order chi connectivity index (χ0) is 12.1. The van der Waals surface area contributed by atoms with E-state index in [1.54, 1.807) is 7.11 Å². The summed E-state index contributed by atoms with van der Waals surface area (Å²) < 4.78 is 10.00. The van der Waals surface area contributed by atoms with Gasteiger partial charge in [-0.25, -0.2) is 0 Å². The fourth-order valence-electron chi connectivity index (χ4n) is 1.56. The topological polar surface area (TPSA) is 74.2 Å². The molecule has 1 atom stereocenters. The van der Waals surface area contributed by atoms with Gasteiger partial charge in [-0.3, -0.25) is 0 Å². The van der Waals surface area contributed by atoms with Crippen molar-refractivity contribution in [1.82, 2.24) is 10.1 Å². The molecule has 5 heteroatoms. The molecule has 0 spiro atoms. The first-order valence-electron chi connectivity index (χ1n) is 5.40. The summed E-state index contributed by atoms with van der Waals surface area (Å²) in [6, 6.07) is 9.69. The fourth-order valence-corrected chi connectivity index (χ4v) is 1.56. The molecule has 0 amide bonds. The SMILES string of the molecule is COCc1noc([C@@H](N)Cc2ccccc2)n1. The van der Waals surface area contributed by atoms with Crippen molar-refractivity contribution in [3.05, 3.63) is 47.6 Å². The Bertz CT molecular complexity index is 456. The summed E-state index contributed by atoms with van der Waals surface area (Å²) >= 11 is 0. The van der Waals surface area contributed by atoms with Crippen LogP contribution in [0.3, 0.4) is 0 Å². The van der Waals surface area contributed by atoms with E-state index in [4.69, 9.17) is 15.0 Å². The van der Waals surface area contributed by atoms with Gasteiger partial charge in [-0.05, 0) is 12.0 Å².